The zero-order chi connectivity index (χ0) is 21.2. The summed E-state index contributed by atoms with van der Waals surface area (Å²) >= 11 is 0. The molecule has 0 spiro atoms. The Morgan fingerprint density at radius 3 is 2.60 bits per heavy atom. The third-order valence-corrected chi connectivity index (χ3v) is 6.36. The number of likely N-dealkylation sites (tertiary alicyclic amines) is 1. The Labute approximate surface area is 181 Å². The van der Waals surface area contributed by atoms with E-state index in [-0.39, 0.29) is 5.92 Å². The van der Waals surface area contributed by atoms with E-state index in [0.717, 1.165) is 69.9 Å². The molecule has 1 unspecified atom stereocenters. The zero-order valence-corrected chi connectivity index (χ0v) is 18.7. The van der Waals surface area contributed by atoms with Crippen LogP contribution in [-0.4, -0.2) is 56.6 Å². The molecule has 2 fully saturated rings. The van der Waals surface area contributed by atoms with Gasteiger partial charge in [-0.2, -0.15) is 0 Å². The minimum Gasteiger partial charge on any atom is -0.497 e. The minimum absolute atomic E-state index is 0.264. The van der Waals surface area contributed by atoms with Crippen LogP contribution < -0.4 is 15.4 Å². The summed E-state index contributed by atoms with van der Waals surface area (Å²) in [6, 6.07) is 8.59. The first kappa shape index (κ1) is 22.4. The number of unbranched alkanes of at least 4 members (excludes halogenated alkanes) is 1. The van der Waals surface area contributed by atoms with Crippen molar-refractivity contribution in [2.45, 2.75) is 63.8 Å². The quantitative estimate of drug-likeness (QED) is 0.389. The summed E-state index contributed by atoms with van der Waals surface area (Å²) in [6.07, 6.45) is 10.1. The highest BCUT2D eigenvalue weighted by Gasteiger charge is 2.31. The summed E-state index contributed by atoms with van der Waals surface area (Å²) in [5.74, 6) is 2.39. The van der Waals surface area contributed by atoms with Crippen molar-refractivity contribution in [2.24, 2.45) is 10.9 Å². The molecule has 1 aromatic carbocycles. The van der Waals surface area contributed by atoms with Crippen LogP contribution in [0.1, 0.15) is 56.9 Å². The van der Waals surface area contributed by atoms with Crippen LogP contribution in [0.2, 0.25) is 0 Å². The second-order valence-corrected chi connectivity index (χ2v) is 8.55. The maximum Gasteiger partial charge on any atom is 0.225 e. The van der Waals surface area contributed by atoms with Crippen molar-refractivity contribution in [3.8, 4) is 5.75 Å². The van der Waals surface area contributed by atoms with Crippen LogP contribution in [0.5, 0.6) is 5.75 Å². The van der Waals surface area contributed by atoms with Gasteiger partial charge in [-0.15, -0.1) is 0 Å². The maximum atomic E-state index is 12.7. The van der Waals surface area contributed by atoms with Gasteiger partial charge < -0.3 is 20.3 Å². The number of benzene rings is 1. The van der Waals surface area contributed by atoms with Gasteiger partial charge in [0.25, 0.3) is 0 Å². The number of rotatable bonds is 8. The molecule has 6 heteroatoms. The molecule has 0 bridgehead atoms. The average molecular weight is 415 g/mol. The number of aryl methyl sites for hydroxylation is 1. The van der Waals surface area contributed by atoms with Crippen molar-refractivity contribution < 1.29 is 9.53 Å². The van der Waals surface area contributed by atoms with E-state index in [9.17, 15) is 4.79 Å². The number of hydrogen-bond acceptors (Lipinski definition) is 3. The molecule has 1 atom stereocenters. The number of methoxy groups -OCH3 is 1. The van der Waals surface area contributed by atoms with Gasteiger partial charge in [-0.05, 0) is 56.2 Å². The van der Waals surface area contributed by atoms with Gasteiger partial charge in [-0.25, -0.2) is 0 Å². The largest absolute Gasteiger partial charge is 0.497 e. The summed E-state index contributed by atoms with van der Waals surface area (Å²) in [5.41, 5.74) is 1.34. The SMILES string of the molecule is CN=C(NCCCCc1ccc(OC)cc1)NC1CCN(C(=O)C2CCCCC2)C1. The molecule has 1 aromatic rings. The number of carbonyl (C=O) groups excluding carboxylic acids is 1. The molecule has 2 N–H and O–H groups in total. The topological polar surface area (TPSA) is 66.0 Å². The molecule has 0 radical (unpaired) electrons. The van der Waals surface area contributed by atoms with E-state index in [1.54, 1.807) is 7.11 Å². The molecule has 6 nitrogen and oxygen atoms in total. The molecule has 3 rings (SSSR count). The third-order valence-electron chi connectivity index (χ3n) is 6.36. The van der Waals surface area contributed by atoms with Crippen molar-refractivity contribution in [3.05, 3.63) is 29.8 Å². The van der Waals surface area contributed by atoms with Crippen molar-refractivity contribution in [2.75, 3.05) is 33.8 Å². The number of aliphatic imine (C=N–C) groups is 1. The summed E-state index contributed by atoms with van der Waals surface area (Å²) < 4.78 is 5.20. The lowest BCUT2D eigenvalue weighted by Gasteiger charge is -2.26. The molecule has 166 valence electrons. The highest BCUT2D eigenvalue weighted by Crippen LogP contribution is 2.26. The highest BCUT2D eigenvalue weighted by atomic mass is 16.5. The molecule has 2 aliphatic rings. The van der Waals surface area contributed by atoms with Gasteiger partial charge in [0, 0.05) is 38.6 Å². The van der Waals surface area contributed by atoms with Crippen molar-refractivity contribution in [3.63, 3.8) is 0 Å². The Morgan fingerprint density at radius 1 is 1.13 bits per heavy atom. The summed E-state index contributed by atoms with van der Waals surface area (Å²) in [7, 11) is 3.51. The zero-order valence-electron chi connectivity index (χ0n) is 18.7. The van der Waals surface area contributed by atoms with E-state index in [1.807, 2.05) is 19.2 Å². The van der Waals surface area contributed by atoms with Gasteiger partial charge in [0.05, 0.1) is 7.11 Å². The molecular formula is C24H38N4O2. The van der Waals surface area contributed by atoms with Crippen LogP contribution in [-0.2, 0) is 11.2 Å². The van der Waals surface area contributed by atoms with Gasteiger partial charge >= 0.3 is 0 Å². The second kappa shape index (κ2) is 11.8. The first-order valence-electron chi connectivity index (χ1n) is 11.6. The molecule has 0 aromatic heterocycles. The van der Waals surface area contributed by atoms with Gasteiger partial charge in [0.1, 0.15) is 5.75 Å². The van der Waals surface area contributed by atoms with Crippen LogP contribution in [0.3, 0.4) is 0 Å². The molecule has 1 aliphatic carbocycles. The Hall–Kier alpha value is -2.24. The summed E-state index contributed by atoms with van der Waals surface area (Å²) in [5, 5.41) is 6.93. The van der Waals surface area contributed by atoms with Gasteiger partial charge in [0.15, 0.2) is 5.96 Å². The standard InChI is InChI=1S/C24H38N4O2/c1-25-24(26-16-7-6-8-19-11-13-22(30-2)14-12-19)27-21-15-17-28(18-21)23(29)20-9-4-3-5-10-20/h11-14,20-21H,3-10,15-18H2,1-2H3,(H2,25,26,27). The van der Waals surface area contributed by atoms with Crippen molar-refractivity contribution in [1.82, 2.24) is 15.5 Å². The van der Waals surface area contributed by atoms with E-state index < -0.39 is 0 Å². The Morgan fingerprint density at radius 2 is 1.90 bits per heavy atom. The smallest absolute Gasteiger partial charge is 0.225 e. The summed E-state index contributed by atoms with van der Waals surface area (Å²) in [6.45, 7) is 2.56. The lowest BCUT2D eigenvalue weighted by Crippen LogP contribution is -2.45. The minimum atomic E-state index is 0.264. The molecule has 1 saturated carbocycles. The summed E-state index contributed by atoms with van der Waals surface area (Å²) in [4.78, 5) is 19.2. The molecule has 1 amide bonds. The monoisotopic (exact) mass is 414 g/mol. The van der Waals surface area contributed by atoms with Crippen LogP contribution in [0, 0.1) is 5.92 Å². The average Bonchev–Trinajstić information content (AvgIpc) is 3.27. The molecule has 1 heterocycles. The van der Waals surface area contributed by atoms with E-state index >= 15 is 0 Å². The fourth-order valence-corrected chi connectivity index (χ4v) is 4.53. The number of nitrogens with one attached hydrogen (secondary N) is 2. The normalized spacial score (nSPS) is 20.3. The van der Waals surface area contributed by atoms with E-state index in [0.29, 0.717) is 11.9 Å². The predicted molar refractivity (Wildman–Crippen MR) is 122 cm³/mol. The number of ether oxygens (including phenoxy) is 1. The van der Waals surface area contributed by atoms with Gasteiger partial charge in [0.2, 0.25) is 5.91 Å². The lowest BCUT2D eigenvalue weighted by molar-refractivity contribution is -0.135. The fraction of sp³-hybridized carbons (Fsp3) is 0.667. The molecule has 1 saturated heterocycles. The van der Waals surface area contributed by atoms with Crippen molar-refractivity contribution >= 4 is 11.9 Å². The second-order valence-electron chi connectivity index (χ2n) is 8.55. The van der Waals surface area contributed by atoms with Gasteiger partial charge in [-0.3, -0.25) is 9.79 Å². The van der Waals surface area contributed by atoms with Gasteiger partial charge in [-0.1, -0.05) is 31.4 Å². The Bertz CT molecular complexity index is 683. The fourth-order valence-electron chi connectivity index (χ4n) is 4.53. The van der Waals surface area contributed by atoms with Crippen LogP contribution in [0.15, 0.2) is 29.3 Å². The number of amides is 1. The number of guanidine groups is 1. The van der Waals surface area contributed by atoms with Crippen LogP contribution >= 0.6 is 0 Å². The lowest BCUT2D eigenvalue weighted by atomic mass is 9.88. The van der Waals surface area contributed by atoms with Crippen LogP contribution in [0.4, 0.5) is 0 Å². The van der Waals surface area contributed by atoms with E-state index in [1.165, 1.54) is 24.8 Å². The Balaban J connectivity index is 1.32. The number of hydrogen-bond donors (Lipinski definition) is 2. The van der Waals surface area contributed by atoms with Crippen LogP contribution in [0.25, 0.3) is 0 Å². The molecule has 30 heavy (non-hydrogen) atoms. The first-order chi connectivity index (χ1) is 14.7. The molecule has 1 aliphatic heterocycles. The first-order valence-corrected chi connectivity index (χ1v) is 11.6. The van der Waals surface area contributed by atoms with E-state index in [4.69, 9.17) is 4.74 Å². The Kier molecular flexibility index (Phi) is 8.84. The highest BCUT2D eigenvalue weighted by molar-refractivity contribution is 5.81. The van der Waals surface area contributed by atoms with E-state index in [2.05, 4.69) is 32.7 Å². The third kappa shape index (κ3) is 6.64. The molecular weight excluding hydrogens is 376 g/mol. The predicted octanol–water partition coefficient (Wildman–Crippen LogP) is 3.36. The number of carbonyl (C=O) groups is 1. The van der Waals surface area contributed by atoms with Crippen molar-refractivity contribution in [1.29, 1.82) is 0 Å². The number of nitrogens with zero attached hydrogens (tertiary/aromatic N) is 2. The maximum absolute atomic E-state index is 12.7.